The average molecular weight is 442 g/mol. The van der Waals surface area contributed by atoms with Gasteiger partial charge in [-0.15, -0.1) is 0 Å². The number of Topliss-reactive ketones (excluding diaryl/α,β-unsaturated/α-hetero) is 1. The number of esters is 1. The largest absolute Gasteiger partial charge is 0.510 e. The van der Waals surface area contributed by atoms with Crippen molar-refractivity contribution in [2.45, 2.75) is 25.2 Å². The fourth-order valence-corrected chi connectivity index (χ4v) is 4.87. The van der Waals surface area contributed by atoms with E-state index in [9.17, 15) is 34.8 Å². The fourth-order valence-electron chi connectivity index (χ4n) is 4.87. The lowest BCUT2D eigenvalue weighted by atomic mass is 9.74. The minimum atomic E-state index is -1.83. The molecule has 32 heavy (non-hydrogen) atoms. The van der Waals surface area contributed by atoms with Crippen LogP contribution in [-0.2, 0) is 14.3 Å². The molecular weight excluding hydrogens is 420 g/mol. The number of aliphatic hydroxyl groups is 2. The highest BCUT2D eigenvalue weighted by Crippen LogP contribution is 2.51. The molecule has 4 rings (SSSR count). The number of carbonyl (C=O) groups excluding carboxylic acids is 3. The zero-order valence-corrected chi connectivity index (χ0v) is 17.5. The van der Waals surface area contributed by atoms with Gasteiger partial charge in [0.2, 0.25) is 5.78 Å². The quantitative estimate of drug-likeness (QED) is 0.336. The summed E-state index contributed by atoms with van der Waals surface area (Å²) in [6.45, 7) is 1.65. The van der Waals surface area contributed by atoms with Gasteiger partial charge in [-0.25, -0.2) is 4.79 Å². The molecule has 0 spiro atoms. The summed E-state index contributed by atoms with van der Waals surface area (Å²) in [6.07, 6.45) is -3.07. The van der Waals surface area contributed by atoms with Crippen molar-refractivity contribution in [2.75, 3.05) is 14.1 Å². The minimum Gasteiger partial charge on any atom is -0.510 e. The molecule has 1 unspecified atom stereocenters. The number of benzene rings is 2. The van der Waals surface area contributed by atoms with E-state index in [1.54, 1.807) is 33.2 Å². The summed E-state index contributed by atoms with van der Waals surface area (Å²) in [6, 6.07) is 3.47. The van der Waals surface area contributed by atoms with Crippen LogP contribution in [0.1, 0.15) is 27.6 Å². The van der Waals surface area contributed by atoms with E-state index in [0.29, 0.717) is 10.9 Å². The number of phenolic OH excluding ortho intramolecular Hbond substituents is 2. The molecule has 1 aliphatic carbocycles. The van der Waals surface area contributed by atoms with E-state index < -0.39 is 58.9 Å². The van der Waals surface area contributed by atoms with Crippen LogP contribution in [0.25, 0.3) is 10.8 Å². The third-order valence-corrected chi connectivity index (χ3v) is 6.25. The molecule has 1 heterocycles. The molecule has 2 aromatic carbocycles. The number of hydrogen-bond acceptors (Lipinski definition) is 9. The summed E-state index contributed by atoms with van der Waals surface area (Å²) in [5.74, 6) is -5.73. The Labute approximate surface area is 182 Å². The Balaban J connectivity index is 1.99. The van der Waals surface area contributed by atoms with Crippen LogP contribution in [0.2, 0.25) is 0 Å². The molecular formula is C22H22N2O8. The Morgan fingerprint density at radius 1 is 1.16 bits per heavy atom. The third kappa shape index (κ3) is 2.76. The van der Waals surface area contributed by atoms with Crippen LogP contribution in [0.15, 0.2) is 29.5 Å². The topological polar surface area (TPSA) is 171 Å². The first kappa shape index (κ1) is 21.6. The summed E-state index contributed by atoms with van der Waals surface area (Å²) >= 11 is 0. The van der Waals surface area contributed by atoms with Crippen LogP contribution in [0.5, 0.6) is 11.5 Å². The number of amides is 1. The molecule has 0 fully saturated rings. The Bertz CT molecular complexity index is 1230. The van der Waals surface area contributed by atoms with Crippen molar-refractivity contribution >= 4 is 28.4 Å². The number of ether oxygens (including phenoxy) is 1. The molecule has 4 atom stereocenters. The number of rotatable bonds is 3. The molecule has 0 radical (unpaired) electrons. The van der Waals surface area contributed by atoms with Gasteiger partial charge in [0.15, 0.2) is 0 Å². The number of cyclic esters (lactones) is 1. The van der Waals surface area contributed by atoms with Gasteiger partial charge in [-0.1, -0.05) is 12.1 Å². The van der Waals surface area contributed by atoms with Crippen LogP contribution >= 0.6 is 0 Å². The van der Waals surface area contributed by atoms with Crippen molar-refractivity contribution in [3.05, 3.63) is 46.2 Å². The van der Waals surface area contributed by atoms with Gasteiger partial charge in [0.25, 0.3) is 5.91 Å². The lowest BCUT2D eigenvalue weighted by Crippen LogP contribution is -2.54. The maximum Gasteiger partial charge on any atom is 0.343 e. The molecule has 0 saturated heterocycles. The van der Waals surface area contributed by atoms with Crippen LogP contribution in [-0.4, -0.2) is 69.2 Å². The predicted octanol–water partition coefficient (Wildman–Crippen LogP) is 0.558. The Morgan fingerprint density at radius 2 is 1.81 bits per heavy atom. The Hall–Kier alpha value is -3.63. The van der Waals surface area contributed by atoms with Gasteiger partial charge >= 0.3 is 5.97 Å². The van der Waals surface area contributed by atoms with E-state index in [1.165, 1.54) is 11.0 Å². The summed E-state index contributed by atoms with van der Waals surface area (Å²) in [5.41, 5.74) is 5.05. The molecule has 168 valence electrons. The maximum atomic E-state index is 12.8. The predicted molar refractivity (Wildman–Crippen MR) is 111 cm³/mol. The van der Waals surface area contributed by atoms with Crippen LogP contribution < -0.4 is 5.73 Å². The molecule has 1 aliphatic heterocycles. The standard InChI is InChI=1S/C22H22N2O8/c1-7-8-5-4-6-9(25)11(8)16(26)12-10(7)20(32-22(12)31)13-15(24(2)3)17(27)14(21(23)30)19(29)18(13)28/h4-6,13,15,18,20,25-28H,1-3H3,(H2,23,30)/t13-,15+,18-,20?/m1/s1. The van der Waals surface area contributed by atoms with Gasteiger partial charge in [-0.05, 0) is 38.0 Å². The maximum absolute atomic E-state index is 12.8. The van der Waals surface area contributed by atoms with Crippen molar-refractivity contribution < 1.29 is 39.5 Å². The van der Waals surface area contributed by atoms with E-state index in [4.69, 9.17) is 10.5 Å². The number of aryl methyl sites for hydroxylation is 1. The zero-order valence-electron chi connectivity index (χ0n) is 17.5. The third-order valence-electron chi connectivity index (χ3n) is 6.25. The SMILES string of the molecule is Cc1c2c(c(O)c3c(O)cccc13)C(=O)OC2[C@@H]1[C@H](N(C)C)C(O)=C(C(N)=O)C(=O)[C@@H]1O. The molecule has 10 heteroatoms. The number of carbonyl (C=O) groups is 3. The van der Waals surface area contributed by atoms with Gasteiger partial charge in [0.1, 0.15) is 40.6 Å². The Morgan fingerprint density at radius 3 is 2.41 bits per heavy atom. The minimum absolute atomic E-state index is 0.0736. The monoisotopic (exact) mass is 442 g/mol. The molecule has 0 aromatic heterocycles. The number of ketones is 1. The van der Waals surface area contributed by atoms with Gasteiger partial charge in [0, 0.05) is 5.56 Å². The van der Waals surface area contributed by atoms with Crippen molar-refractivity contribution in [3.63, 3.8) is 0 Å². The first-order valence-corrected chi connectivity index (χ1v) is 9.78. The van der Waals surface area contributed by atoms with Crippen LogP contribution in [0.4, 0.5) is 0 Å². The summed E-state index contributed by atoms with van der Waals surface area (Å²) < 4.78 is 5.52. The van der Waals surface area contributed by atoms with Gasteiger partial charge in [0.05, 0.1) is 17.3 Å². The second-order valence-corrected chi connectivity index (χ2v) is 8.21. The van der Waals surface area contributed by atoms with Gasteiger partial charge in [-0.2, -0.15) is 0 Å². The summed E-state index contributed by atoms with van der Waals surface area (Å²) in [5, 5.41) is 43.1. The normalized spacial score (nSPS) is 25.4. The number of phenols is 2. The van der Waals surface area contributed by atoms with Crippen molar-refractivity contribution in [1.82, 2.24) is 4.90 Å². The molecule has 1 amide bonds. The number of nitrogens with zero attached hydrogens (tertiary/aromatic N) is 1. The van der Waals surface area contributed by atoms with Crippen LogP contribution in [0, 0.1) is 12.8 Å². The fraction of sp³-hybridized carbons (Fsp3) is 0.318. The summed E-state index contributed by atoms with van der Waals surface area (Å²) in [7, 11) is 3.10. The second-order valence-electron chi connectivity index (χ2n) is 8.21. The van der Waals surface area contributed by atoms with Crippen molar-refractivity contribution in [2.24, 2.45) is 11.7 Å². The second kappa shape index (κ2) is 7.21. The number of primary amides is 1. The van der Waals surface area contributed by atoms with Gasteiger partial charge in [-0.3, -0.25) is 14.5 Å². The van der Waals surface area contributed by atoms with E-state index in [-0.39, 0.29) is 22.3 Å². The first-order valence-electron chi connectivity index (χ1n) is 9.78. The van der Waals surface area contributed by atoms with E-state index in [1.807, 2.05) is 0 Å². The average Bonchev–Trinajstić information content (AvgIpc) is 3.05. The molecule has 0 bridgehead atoms. The van der Waals surface area contributed by atoms with E-state index in [2.05, 4.69) is 0 Å². The molecule has 0 saturated carbocycles. The van der Waals surface area contributed by atoms with Crippen LogP contribution in [0.3, 0.4) is 0 Å². The van der Waals surface area contributed by atoms with Crippen molar-refractivity contribution in [3.8, 4) is 11.5 Å². The highest BCUT2D eigenvalue weighted by Gasteiger charge is 2.54. The molecule has 10 nitrogen and oxygen atoms in total. The first-order chi connectivity index (χ1) is 15.0. The number of aliphatic hydroxyl groups excluding tert-OH is 2. The number of nitrogens with two attached hydrogens (primary N) is 1. The van der Waals surface area contributed by atoms with Crippen molar-refractivity contribution in [1.29, 1.82) is 0 Å². The number of aromatic hydroxyl groups is 2. The zero-order chi connectivity index (χ0) is 23.6. The molecule has 6 N–H and O–H groups in total. The van der Waals surface area contributed by atoms with E-state index in [0.717, 1.165) is 0 Å². The highest BCUT2D eigenvalue weighted by atomic mass is 16.6. The lowest BCUT2D eigenvalue weighted by Gasteiger charge is -2.40. The smallest absolute Gasteiger partial charge is 0.343 e. The molecule has 2 aliphatic rings. The Kier molecular flexibility index (Phi) is 4.87. The van der Waals surface area contributed by atoms with E-state index >= 15 is 0 Å². The van der Waals surface area contributed by atoms with Gasteiger partial charge < -0.3 is 30.9 Å². The number of likely N-dealkylation sites (N-methyl/N-ethyl adjacent to an activating group) is 1. The lowest BCUT2D eigenvalue weighted by molar-refractivity contribution is -0.136. The number of hydrogen-bond donors (Lipinski definition) is 5. The molecule has 2 aromatic rings. The highest BCUT2D eigenvalue weighted by molar-refractivity contribution is 6.21. The number of fused-ring (bicyclic) bond motifs is 2. The summed E-state index contributed by atoms with van der Waals surface area (Å²) in [4.78, 5) is 38.7.